The quantitative estimate of drug-likeness (QED) is 0.346. The number of ether oxygens (including phenoxy) is 1. The monoisotopic (exact) mass is 302 g/mol. The Kier molecular flexibility index (Phi) is 7.86. The van der Waals surface area contributed by atoms with Crippen LogP contribution in [-0.2, 0) is 33.9 Å². The smallest absolute Gasteiger partial charge is 0.358 e. The van der Waals surface area contributed by atoms with Crippen molar-refractivity contribution in [1.29, 1.82) is 0 Å². The van der Waals surface area contributed by atoms with Gasteiger partial charge in [0.25, 0.3) is 0 Å². The third-order valence-corrected chi connectivity index (χ3v) is 2.12. The number of carbonyl (C=O) groups excluding carboxylic acids is 2. The molecule has 0 saturated heterocycles. The highest BCUT2D eigenvalue weighted by Gasteiger charge is 2.19. The molecule has 0 aliphatic heterocycles. The van der Waals surface area contributed by atoms with Crippen LogP contribution >= 0.6 is 0 Å². The molecule has 0 spiro atoms. The van der Waals surface area contributed by atoms with Gasteiger partial charge in [0.2, 0.25) is 0 Å². The van der Waals surface area contributed by atoms with Gasteiger partial charge in [-0.15, -0.1) is 13.2 Å². The molecule has 0 bridgehead atoms. The average molecular weight is 302 g/mol. The normalized spacial score (nSPS) is 11.6. The first kappa shape index (κ1) is 19.3. The maximum Gasteiger partial charge on any atom is 0.367 e. The van der Waals surface area contributed by atoms with E-state index < -0.39 is 36.4 Å². The van der Waals surface area contributed by atoms with Gasteiger partial charge in [0.05, 0.1) is 0 Å². The zero-order valence-corrected chi connectivity index (χ0v) is 12.8. The third-order valence-electron chi connectivity index (χ3n) is 2.12. The number of hydrogen-bond donors (Lipinski definition) is 0. The van der Waals surface area contributed by atoms with Gasteiger partial charge >= 0.3 is 11.9 Å². The molecule has 21 heavy (non-hydrogen) atoms. The Labute approximate surface area is 124 Å². The molecule has 120 valence electrons. The van der Waals surface area contributed by atoms with Crippen molar-refractivity contribution in [2.45, 2.75) is 38.9 Å². The second-order valence-corrected chi connectivity index (χ2v) is 5.19. The molecule has 0 amide bonds. The first-order chi connectivity index (χ1) is 9.62. The SMILES string of the molecule is C=CC(C)(C)OOC(=O)COCC(=O)OOC(C)(C)C=C. The van der Waals surface area contributed by atoms with E-state index in [0.717, 1.165) is 0 Å². The second-order valence-electron chi connectivity index (χ2n) is 5.19. The van der Waals surface area contributed by atoms with Crippen LogP contribution in [0.15, 0.2) is 25.3 Å². The van der Waals surface area contributed by atoms with Gasteiger partial charge in [-0.2, -0.15) is 9.78 Å². The molecule has 0 aromatic heterocycles. The molecule has 0 atom stereocenters. The van der Waals surface area contributed by atoms with Gasteiger partial charge in [-0.05, 0) is 27.7 Å². The molecule has 0 aromatic rings. The number of rotatable bonds is 10. The van der Waals surface area contributed by atoms with E-state index in [2.05, 4.69) is 22.9 Å². The molecule has 0 rings (SSSR count). The van der Waals surface area contributed by atoms with Crippen molar-refractivity contribution >= 4 is 11.9 Å². The fourth-order valence-corrected chi connectivity index (χ4v) is 0.642. The van der Waals surface area contributed by atoms with E-state index in [9.17, 15) is 9.59 Å². The molecule has 0 saturated carbocycles. The summed E-state index contributed by atoms with van der Waals surface area (Å²) in [6, 6.07) is 0. The standard InChI is InChI=1S/C14H22O7/c1-7-13(3,4)20-18-11(15)9-17-10-12(16)19-21-14(5,6)8-2/h7-8H,1-2,9-10H2,3-6H3. The molecule has 0 heterocycles. The lowest BCUT2D eigenvalue weighted by molar-refractivity contribution is -0.318. The zero-order valence-electron chi connectivity index (χ0n) is 12.8. The van der Waals surface area contributed by atoms with E-state index in [-0.39, 0.29) is 0 Å². The summed E-state index contributed by atoms with van der Waals surface area (Å²) in [6.45, 7) is 12.7. The minimum atomic E-state index is -0.807. The molecule has 0 aromatic carbocycles. The van der Waals surface area contributed by atoms with Crippen LogP contribution in [0.3, 0.4) is 0 Å². The molecule has 0 aliphatic rings. The summed E-state index contributed by atoms with van der Waals surface area (Å²) in [5.41, 5.74) is -1.61. The molecule has 0 fully saturated rings. The van der Waals surface area contributed by atoms with Crippen LogP contribution in [0.1, 0.15) is 27.7 Å². The maximum atomic E-state index is 11.2. The number of carbonyl (C=O) groups is 2. The van der Waals surface area contributed by atoms with Gasteiger partial charge in [0, 0.05) is 0 Å². The van der Waals surface area contributed by atoms with E-state index in [1.54, 1.807) is 27.7 Å². The van der Waals surface area contributed by atoms with E-state index in [1.165, 1.54) is 12.2 Å². The van der Waals surface area contributed by atoms with Crippen LogP contribution in [0, 0.1) is 0 Å². The topological polar surface area (TPSA) is 80.3 Å². The lowest BCUT2D eigenvalue weighted by Crippen LogP contribution is -2.27. The summed E-state index contributed by atoms with van der Waals surface area (Å²) in [6.07, 6.45) is 2.94. The van der Waals surface area contributed by atoms with Crippen molar-refractivity contribution < 1.29 is 33.9 Å². The Hall–Kier alpha value is -1.70. The summed E-state index contributed by atoms with van der Waals surface area (Å²) < 4.78 is 4.79. The van der Waals surface area contributed by atoms with Gasteiger partial charge in [-0.25, -0.2) is 9.59 Å². The Balaban J connectivity index is 3.84. The lowest BCUT2D eigenvalue weighted by Gasteiger charge is -2.18. The Morgan fingerprint density at radius 3 is 1.48 bits per heavy atom. The van der Waals surface area contributed by atoms with E-state index >= 15 is 0 Å². The molecule has 7 nitrogen and oxygen atoms in total. The van der Waals surface area contributed by atoms with Crippen molar-refractivity contribution in [3.8, 4) is 0 Å². The van der Waals surface area contributed by atoms with Crippen LogP contribution in [0.2, 0.25) is 0 Å². The molecule has 0 radical (unpaired) electrons. The Morgan fingerprint density at radius 1 is 0.857 bits per heavy atom. The summed E-state index contributed by atoms with van der Waals surface area (Å²) in [4.78, 5) is 41.1. The Morgan fingerprint density at radius 2 is 1.19 bits per heavy atom. The zero-order chi connectivity index (χ0) is 16.5. The molecule has 0 aliphatic carbocycles. The van der Waals surface area contributed by atoms with Crippen molar-refractivity contribution in [2.24, 2.45) is 0 Å². The van der Waals surface area contributed by atoms with Crippen molar-refractivity contribution in [3.05, 3.63) is 25.3 Å². The summed E-state index contributed by atoms with van der Waals surface area (Å²) in [7, 11) is 0. The maximum absolute atomic E-state index is 11.2. The molecule has 0 unspecified atom stereocenters. The second kappa shape index (κ2) is 8.56. The van der Waals surface area contributed by atoms with Crippen LogP contribution in [0.25, 0.3) is 0 Å². The predicted octanol–water partition coefficient (Wildman–Crippen LogP) is 1.88. The average Bonchev–Trinajstić information content (AvgIpc) is 2.43. The largest absolute Gasteiger partial charge is 0.367 e. The third kappa shape index (κ3) is 9.78. The van der Waals surface area contributed by atoms with Crippen molar-refractivity contribution in [2.75, 3.05) is 13.2 Å². The van der Waals surface area contributed by atoms with Gasteiger partial charge in [0.15, 0.2) is 0 Å². The Bertz CT molecular complexity index is 349. The van der Waals surface area contributed by atoms with Crippen LogP contribution < -0.4 is 0 Å². The molecular weight excluding hydrogens is 280 g/mol. The van der Waals surface area contributed by atoms with E-state index in [4.69, 9.17) is 14.5 Å². The van der Waals surface area contributed by atoms with Gasteiger partial charge < -0.3 is 4.74 Å². The minimum Gasteiger partial charge on any atom is -0.358 e. The highest BCUT2D eigenvalue weighted by Crippen LogP contribution is 2.11. The first-order valence-corrected chi connectivity index (χ1v) is 6.24. The van der Waals surface area contributed by atoms with E-state index in [1.807, 2.05) is 0 Å². The van der Waals surface area contributed by atoms with E-state index in [0.29, 0.717) is 0 Å². The molecular formula is C14H22O7. The predicted molar refractivity (Wildman–Crippen MR) is 73.7 cm³/mol. The summed E-state index contributed by atoms with van der Waals surface area (Å²) in [5.74, 6) is -1.57. The van der Waals surface area contributed by atoms with Crippen LogP contribution in [0.5, 0.6) is 0 Å². The highest BCUT2D eigenvalue weighted by atomic mass is 17.2. The lowest BCUT2D eigenvalue weighted by atomic mass is 10.1. The van der Waals surface area contributed by atoms with Crippen LogP contribution in [-0.4, -0.2) is 36.4 Å². The summed E-state index contributed by atoms with van der Waals surface area (Å²) in [5, 5.41) is 0. The van der Waals surface area contributed by atoms with Gasteiger partial charge in [0.1, 0.15) is 24.4 Å². The fraction of sp³-hybridized carbons (Fsp3) is 0.571. The van der Waals surface area contributed by atoms with Gasteiger partial charge in [-0.1, -0.05) is 12.2 Å². The first-order valence-electron chi connectivity index (χ1n) is 6.24. The summed E-state index contributed by atoms with van der Waals surface area (Å²) >= 11 is 0. The highest BCUT2D eigenvalue weighted by molar-refractivity contribution is 5.72. The van der Waals surface area contributed by atoms with Crippen molar-refractivity contribution in [1.82, 2.24) is 0 Å². The molecule has 7 heteroatoms. The fourth-order valence-electron chi connectivity index (χ4n) is 0.642. The minimum absolute atomic E-state index is 0.465. The van der Waals surface area contributed by atoms with Crippen LogP contribution in [0.4, 0.5) is 0 Å². The molecule has 0 N–H and O–H groups in total. The van der Waals surface area contributed by atoms with Crippen molar-refractivity contribution in [3.63, 3.8) is 0 Å². The van der Waals surface area contributed by atoms with Gasteiger partial charge in [-0.3, -0.25) is 9.78 Å². The number of hydrogen-bond acceptors (Lipinski definition) is 7.